The molecule has 0 amide bonds. The monoisotopic (exact) mass is 295 g/mol. The minimum Gasteiger partial charge on any atom is -0.508 e. The zero-order valence-corrected chi connectivity index (χ0v) is 12.5. The lowest BCUT2D eigenvalue weighted by atomic mass is 10.0. The SMILES string of the molecule is CN(Cc1ccc(F)cc1)Cc1c(O)ccc2ccccc12. The van der Waals surface area contributed by atoms with Crippen LogP contribution in [0.15, 0.2) is 60.7 Å². The molecule has 0 spiro atoms. The number of hydrogen-bond acceptors (Lipinski definition) is 2. The highest BCUT2D eigenvalue weighted by Gasteiger charge is 2.10. The first-order valence-corrected chi connectivity index (χ1v) is 7.26. The maximum atomic E-state index is 13.0. The van der Waals surface area contributed by atoms with E-state index in [9.17, 15) is 9.50 Å². The van der Waals surface area contributed by atoms with Crippen LogP contribution in [-0.2, 0) is 13.1 Å². The topological polar surface area (TPSA) is 23.5 Å². The van der Waals surface area contributed by atoms with Gasteiger partial charge in [-0.25, -0.2) is 4.39 Å². The zero-order valence-electron chi connectivity index (χ0n) is 12.5. The largest absolute Gasteiger partial charge is 0.508 e. The molecule has 112 valence electrons. The van der Waals surface area contributed by atoms with Gasteiger partial charge in [0.1, 0.15) is 11.6 Å². The fraction of sp³-hybridized carbons (Fsp3) is 0.158. The number of nitrogens with zero attached hydrogens (tertiary/aromatic N) is 1. The van der Waals surface area contributed by atoms with Crippen LogP contribution in [0.2, 0.25) is 0 Å². The highest BCUT2D eigenvalue weighted by molar-refractivity contribution is 5.87. The Labute approximate surface area is 129 Å². The average molecular weight is 295 g/mol. The highest BCUT2D eigenvalue weighted by Crippen LogP contribution is 2.28. The van der Waals surface area contributed by atoms with Gasteiger partial charge in [0.2, 0.25) is 0 Å². The molecule has 0 aliphatic heterocycles. The van der Waals surface area contributed by atoms with E-state index < -0.39 is 0 Å². The second-order valence-electron chi connectivity index (χ2n) is 5.58. The summed E-state index contributed by atoms with van der Waals surface area (Å²) in [6.07, 6.45) is 0. The second kappa shape index (κ2) is 6.16. The predicted octanol–water partition coefficient (Wildman–Crippen LogP) is 4.32. The van der Waals surface area contributed by atoms with Gasteiger partial charge in [0.05, 0.1) is 0 Å². The first-order chi connectivity index (χ1) is 10.6. The summed E-state index contributed by atoms with van der Waals surface area (Å²) in [4.78, 5) is 2.11. The first-order valence-electron chi connectivity index (χ1n) is 7.26. The smallest absolute Gasteiger partial charge is 0.123 e. The quantitative estimate of drug-likeness (QED) is 0.775. The Morgan fingerprint density at radius 1 is 0.909 bits per heavy atom. The maximum absolute atomic E-state index is 13.0. The number of hydrogen-bond donors (Lipinski definition) is 1. The molecule has 0 bridgehead atoms. The molecular formula is C19H18FNO. The van der Waals surface area contributed by atoms with Gasteiger partial charge >= 0.3 is 0 Å². The first kappa shape index (κ1) is 14.5. The van der Waals surface area contributed by atoms with E-state index in [4.69, 9.17) is 0 Å². The summed E-state index contributed by atoms with van der Waals surface area (Å²) in [5, 5.41) is 12.4. The van der Waals surface area contributed by atoms with Gasteiger partial charge in [-0.3, -0.25) is 4.90 Å². The predicted molar refractivity (Wildman–Crippen MR) is 87.2 cm³/mol. The minimum atomic E-state index is -0.224. The van der Waals surface area contributed by atoms with Crippen molar-refractivity contribution in [2.45, 2.75) is 13.1 Å². The fourth-order valence-electron chi connectivity index (χ4n) is 2.72. The number of fused-ring (bicyclic) bond motifs is 1. The Morgan fingerprint density at radius 2 is 1.64 bits per heavy atom. The van der Waals surface area contributed by atoms with Crippen LogP contribution in [0, 0.1) is 5.82 Å². The molecular weight excluding hydrogens is 277 g/mol. The molecule has 3 aromatic rings. The summed E-state index contributed by atoms with van der Waals surface area (Å²) in [7, 11) is 1.99. The Balaban J connectivity index is 1.83. The van der Waals surface area contributed by atoms with Crippen molar-refractivity contribution in [3.05, 3.63) is 77.6 Å². The number of phenols is 1. The lowest BCUT2D eigenvalue weighted by molar-refractivity contribution is 0.314. The van der Waals surface area contributed by atoms with Crippen molar-refractivity contribution in [3.63, 3.8) is 0 Å². The zero-order chi connectivity index (χ0) is 15.5. The van der Waals surface area contributed by atoms with E-state index in [1.807, 2.05) is 37.4 Å². The Kier molecular flexibility index (Phi) is 4.07. The molecule has 0 unspecified atom stereocenters. The van der Waals surface area contributed by atoms with Crippen molar-refractivity contribution >= 4 is 10.8 Å². The summed E-state index contributed by atoms with van der Waals surface area (Å²) in [6, 6.07) is 18.2. The molecule has 0 aliphatic carbocycles. The van der Waals surface area contributed by atoms with Crippen LogP contribution >= 0.6 is 0 Å². The van der Waals surface area contributed by atoms with Crippen molar-refractivity contribution in [2.75, 3.05) is 7.05 Å². The van der Waals surface area contributed by atoms with Gasteiger partial charge in [0.25, 0.3) is 0 Å². The van der Waals surface area contributed by atoms with Crippen LogP contribution in [0.25, 0.3) is 10.8 Å². The summed E-state index contributed by atoms with van der Waals surface area (Å²) < 4.78 is 13.0. The van der Waals surface area contributed by atoms with Gasteiger partial charge in [-0.15, -0.1) is 0 Å². The molecule has 0 aromatic heterocycles. The van der Waals surface area contributed by atoms with Crippen molar-refractivity contribution in [3.8, 4) is 5.75 Å². The van der Waals surface area contributed by atoms with E-state index in [2.05, 4.69) is 4.90 Å². The fourth-order valence-corrected chi connectivity index (χ4v) is 2.72. The number of phenolic OH excluding ortho intramolecular Hbond substituents is 1. The van der Waals surface area contributed by atoms with Gasteiger partial charge in [-0.1, -0.05) is 42.5 Å². The molecule has 0 aliphatic rings. The third kappa shape index (κ3) is 3.10. The van der Waals surface area contributed by atoms with Gasteiger partial charge < -0.3 is 5.11 Å². The van der Waals surface area contributed by atoms with Crippen LogP contribution in [0.1, 0.15) is 11.1 Å². The van der Waals surface area contributed by atoms with Gasteiger partial charge in [0.15, 0.2) is 0 Å². The molecule has 0 saturated heterocycles. The summed E-state index contributed by atoms with van der Waals surface area (Å²) in [5.74, 6) is 0.0859. The third-order valence-electron chi connectivity index (χ3n) is 3.81. The van der Waals surface area contributed by atoms with Crippen molar-refractivity contribution in [1.82, 2.24) is 4.90 Å². The summed E-state index contributed by atoms with van der Waals surface area (Å²) >= 11 is 0. The number of benzene rings is 3. The highest BCUT2D eigenvalue weighted by atomic mass is 19.1. The van der Waals surface area contributed by atoms with Crippen LogP contribution in [0.4, 0.5) is 4.39 Å². The Bertz CT molecular complexity index is 783. The molecule has 0 heterocycles. The van der Waals surface area contributed by atoms with Crippen molar-refractivity contribution in [1.29, 1.82) is 0 Å². The summed E-state index contributed by atoms with van der Waals surface area (Å²) in [5.41, 5.74) is 1.96. The van der Waals surface area contributed by atoms with Gasteiger partial charge in [-0.2, -0.15) is 0 Å². The van der Waals surface area contributed by atoms with E-state index in [1.54, 1.807) is 18.2 Å². The second-order valence-corrected chi connectivity index (χ2v) is 5.58. The van der Waals surface area contributed by atoms with Gasteiger partial charge in [0, 0.05) is 18.7 Å². The number of aromatic hydroxyl groups is 1. The van der Waals surface area contributed by atoms with Crippen LogP contribution in [-0.4, -0.2) is 17.1 Å². The third-order valence-corrected chi connectivity index (χ3v) is 3.81. The molecule has 0 fully saturated rings. The van der Waals surface area contributed by atoms with E-state index in [0.29, 0.717) is 18.8 Å². The van der Waals surface area contributed by atoms with Crippen LogP contribution < -0.4 is 0 Å². The molecule has 3 rings (SSSR count). The van der Waals surface area contributed by atoms with E-state index in [-0.39, 0.29) is 5.82 Å². The molecule has 1 N–H and O–H groups in total. The Hall–Kier alpha value is -2.39. The molecule has 3 heteroatoms. The number of rotatable bonds is 4. The molecule has 0 saturated carbocycles. The van der Waals surface area contributed by atoms with E-state index >= 15 is 0 Å². The Morgan fingerprint density at radius 3 is 2.41 bits per heavy atom. The molecule has 3 aromatic carbocycles. The van der Waals surface area contributed by atoms with E-state index in [0.717, 1.165) is 21.9 Å². The standard InChI is InChI=1S/C19H18FNO/c1-21(12-14-6-9-16(20)10-7-14)13-18-17-5-3-2-4-15(17)8-11-19(18)22/h2-11,22H,12-13H2,1H3. The number of halogens is 1. The van der Waals surface area contributed by atoms with Gasteiger partial charge in [-0.05, 0) is 41.6 Å². The van der Waals surface area contributed by atoms with Crippen LogP contribution in [0.5, 0.6) is 5.75 Å². The minimum absolute atomic E-state index is 0.224. The van der Waals surface area contributed by atoms with Crippen molar-refractivity contribution < 1.29 is 9.50 Å². The summed E-state index contributed by atoms with van der Waals surface area (Å²) in [6.45, 7) is 1.33. The van der Waals surface area contributed by atoms with E-state index in [1.165, 1.54) is 12.1 Å². The molecule has 0 atom stereocenters. The molecule has 22 heavy (non-hydrogen) atoms. The lowest BCUT2D eigenvalue weighted by Gasteiger charge is -2.19. The molecule has 0 radical (unpaired) electrons. The lowest BCUT2D eigenvalue weighted by Crippen LogP contribution is -2.17. The van der Waals surface area contributed by atoms with Crippen molar-refractivity contribution in [2.24, 2.45) is 0 Å². The normalized spacial score (nSPS) is 11.2. The average Bonchev–Trinajstić information content (AvgIpc) is 2.52. The van der Waals surface area contributed by atoms with Crippen LogP contribution in [0.3, 0.4) is 0 Å². The molecule has 2 nitrogen and oxygen atoms in total. The maximum Gasteiger partial charge on any atom is 0.123 e.